The van der Waals surface area contributed by atoms with Crippen LogP contribution >= 0.6 is 0 Å². The molecule has 8 N–H and O–H groups in total. The Morgan fingerprint density at radius 3 is 2.75 bits per heavy atom. The summed E-state index contributed by atoms with van der Waals surface area (Å²) in [7, 11) is 0. The molecule has 0 unspecified atom stereocenters. The number of nitrogen functional groups attached to an aromatic ring is 3. The largest absolute Gasteiger partial charge is 0.394 e. The van der Waals surface area contributed by atoms with Gasteiger partial charge in [-0.1, -0.05) is 0 Å². The number of aromatic amines is 1. The van der Waals surface area contributed by atoms with Gasteiger partial charge in [-0.3, -0.25) is 4.57 Å². The molecule has 28 heavy (non-hydrogen) atoms. The molecule has 0 aliphatic carbocycles. The van der Waals surface area contributed by atoms with E-state index in [1.165, 1.54) is 12.7 Å². The van der Waals surface area contributed by atoms with E-state index in [0.717, 1.165) is 12.8 Å². The zero-order chi connectivity index (χ0) is 19.7. The predicted octanol–water partition coefficient (Wildman–Crippen LogP) is -0.404. The average molecular weight is 385 g/mol. The molecule has 2 atom stereocenters. The summed E-state index contributed by atoms with van der Waals surface area (Å²) in [4.78, 5) is 26.5. The van der Waals surface area contributed by atoms with Crippen LogP contribution in [0.3, 0.4) is 0 Å². The lowest BCUT2D eigenvalue weighted by molar-refractivity contribution is -0.0207. The molecular weight excluding hydrogens is 366 g/mol. The number of nitrogens with two attached hydrogens (primary N) is 3. The second kappa shape index (κ2) is 7.21. The summed E-state index contributed by atoms with van der Waals surface area (Å²) in [5, 5.41) is 9.04. The number of imidazole rings is 2. The van der Waals surface area contributed by atoms with Gasteiger partial charge in [0.15, 0.2) is 22.9 Å². The molecule has 0 spiro atoms. The number of aliphatic hydroxyl groups excluding tert-OH is 1. The van der Waals surface area contributed by atoms with Gasteiger partial charge >= 0.3 is 0 Å². The number of hydrogen-bond acceptors (Lipinski definition) is 11. The quantitative estimate of drug-likeness (QED) is 0.300. The molecule has 1 fully saturated rings. The number of ether oxygens (including phenoxy) is 1. The summed E-state index contributed by atoms with van der Waals surface area (Å²) in [6.45, 7) is 0.0419. The topological polar surface area (TPSA) is 206 Å². The Bertz CT molecular complexity index is 1110. The lowest BCUT2D eigenvalue weighted by Gasteiger charge is -2.13. The van der Waals surface area contributed by atoms with Crippen LogP contribution in [0.5, 0.6) is 0 Å². The highest BCUT2D eigenvalue weighted by molar-refractivity contribution is 5.82. The van der Waals surface area contributed by atoms with Crippen molar-refractivity contribution in [1.29, 1.82) is 0 Å². The molecule has 0 aromatic carbocycles. The van der Waals surface area contributed by atoms with Crippen molar-refractivity contribution in [3.05, 3.63) is 19.0 Å². The minimum absolute atomic E-state index is 0.0419. The molecule has 4 aromatic rings. The van der Waals surface area contributed by atoms with Gasteiger partial charge in [-0.2, -0.15) is 9.97 Å². The molecule has 0 amide bonds. The number of fused-ring (bicyclic) bond motifs is 2. The number of rotatable bonds is 2. The first kappa shape index (κ1) is 17.8. The van der Waals surface area contributed by atoms with Crippen molar-refractivity contribution in [2.24, 2.45) is 0 Å². The number of nitrogens with one attached hydrogen (secondary N) is 1. The maximum Gasteiger partial charge on any atom is 0.224 e. The number of aromatic nitrogens is 8. The lowest BCUT2D eigenvalue weighted by atomic mass is 10.2. The number of nitrogens with zero attached hydrogens (tertiary/aromatic N) is 7. The van der Waals surface area contributed by atoms with Crippen molar-refractivity contribution in [1.82, 2.24) is 39.5 Å². The number of H-pyrrole nitrogens is 1. The molecule has 5 rings (SSSR count). The van der Waals surface area contributed by atoms with E-state index >= 15 is 0 Å². The summed E-state index contributed by atoms with van der Waals surface area (Å²) >= 11 is 0. The fraction of sp³-hybridized carbons (Fsp3) is 0.333. The lowest BCUT2D eigenvalue weighted by Crippen LogP contribution is -2.14. The first-order valence-corrected chi connectivity index (χ1v) is 8.48. The van der Waals surface area contributed by atoms with Gasteiger partial charge in [0, 0.05) is 0 Å². The molecule has 0 bridgehead atoms. The molecule has 5 heterocycles. The fourth-order valence-corrected chi connectivity index (χ4v) is 2.98. The minimum atomic E-state index is -0.133. The van der Waals surface area contributed by atoms with Crippen molar-refractivity contribution in [3.63, 3.8) is 0 Å². The van der Waals surface area contributed by atoms with Crippen LogP contribution in [0, 0.1) is 0 Å². The average Bonchev–Trinajstić information content (AvgIpc) is 3.41. The van der Waals surface area contributed by atoms with Crippen LogP contribution in [0.4, 0.5) is 17.6 Å². The molecular formula is C15H19N11O2. The molecule has 13 heteroatoms. The second-order valence-electron chi connectivity index (χ2n) is 6.12. The van der Waals surface area contributed by atoms with Crippen molar-refractivity contribution < 1.29 is 9.84 Å². The summed E-state index contributed by atoms with van der Waals surface area (Å²) in [5.41, 5.74) is 18.9. The third kappa shape index (κ3) is 3.23. The van der Waals surface area contributed by atoms with E-state index in [9.17, 15) is 0 Å². The van der Waals surface area contributed by atoms with Gasteiger partial charge in [0.05, 0.1) is 25.4 Å². The second-order valence-corrected chi connectivity index (χ2v) is 6.12. The first-order valence-electron chi connectivity index (χ1n) is 8.48. The van der Waals surface area contributed by atoms with E-state index in [1.54, 1.807) is 6.33 Å². The van der Waals surface area contributed by atoms with E-state index in [4.69, 9.17) is 27.0 Å². The molecule has 13 nitrogen and oxygen atoms in total. The molecule has 4 aromatic heterocycles. The zero-order valence-corrected chi connectivity index (χ0v) is 14.7. The van der Waals surface area contributed by atoms with Crippen molar-refractivity contribution in [2.75, 3.05) is 23.8 Å². The highest BCUT2D eigenvalue weighted by Crippen LogP contribution is 2.30. The Kier molecular flexibility index (Phi) is 4.58. The van der Waals surface area contributed by atoms with E-state index in [1.807, 2.05) is 4.57 Å². The van der Waals surface area contributed by atoms with Crippen LogP contribution in [-0.4, -0.2) is 57.3 Å². The van der Waals surface area contributed by atoms with Gasteiger partial charge in [-0.05, 0) is 12.8 Å². The van der Waals surface area contributed by atoms with Gasteiger partial charge in [0.1, 0.15) is 23.6 Å². The summed E-state index contributed by atoms with van der Waals surface area (Å²) < 4.78 is 7.51. The van der Waals surface area contributed by atoms with Gasteiger partial charge in [-0.25, -0.2) is 19.9 Å². The summed E-state index contributed by atoms with van der Waals surface area (Å²) in [6, 6.07) is 0. The van der Waals surface area contributed by atoms with Crippen molar-refractivity contribution in [2.45, 2.75) is 25.2 Å². The summed E-state index contributed by atoms with van der Waals surface area (Å²) in [6.07, 6.45) is 5.99. The zero-order valence-electron chi connectivity index (χ0n) is 14.7. The fourth-order valence-electron chi connectivity index (χ4n) is 2.98. The van der Waals surface area contributed by atoms with E-state index in [-0.39, 0.29) is 24.9 Å². The first-order chi connectivity index (χ1) is 13.6. The number of hydrogen-bond donors (Lipinski definition) is 5. The maximum absolute atomic E-state index is 9.04. The Balaban J connectivity index is 0.000000151. The van der Waals surface area contributed by atoms with E-state index < -0.39 is 0 Å². The van der Waals surface area contributed by atoms with E-state index in [0.29, 0.717) is 34.0 Å². The molecule has 0 saturated carbocycles. The van der Waals surface area contributed by atoms with Crippen LogP contribution in [0.2, 0.25) is 0 Å². The molecule has 0 radical (unpaired) electrons. The standard InChI is InChI=1S/C10H13N5O2.C5H6N6/c11-9-8-10(13-4-12-9)15(5-14-8)7-2-1-6(3-16)17-7;6-3-2-4(9-1-8-2)11-5(7)10-3/h4-7,16H,1-3H2,(H2,11,12,13);1H,(H5,6,7,8,9,10,11)/t6-,7+;/m0./s1. The van der Waals surface area contributed by atoms with Crippen LogP contribution in [0.25, 0.3) is 22.3 Å². The highest BCUT2D eigenvalue weighted by Gasteiger charge is 2.27. The van der Waals surface area contributed by atoms with Crippen molar-refractivity contribution in [3.8, 4) is 0 Å². The predicted molar refractivity (Wildman–Crippen MR) is 100 cm³/mol. The minimum Gasteiger partial charge on any atom is -0.394 e. The van der Waals surface area contributed by atoms with E-state index in [2.05, 4.69) is 34.9 Å². The smallest absolute Gasteiger partial charge is 0.224 e. The number of aliphatic hydroxyl groups is 1. The molecule has 1 saturated heterocycles. The maximum atomic E-state index is 9.04. The van der Waals surface area contributed by atoms with Gasteiger partial charge < -0.3 is 32.0 Å². The Hall–Kier alpha value is -3.58. The monoisotopic (exact) mass is 385 g/mol. The van der Waals surface area contributed by atoms with Gasteiger partial charge in [0.2, 0.25) is 5.95 Å². The Morgan fingerprint density at radius 1 is 1.11 bits per heavy atom. The SMILES string of the molecule is Nc1nc(N)c2[nH]cnc2n1.Nc1ncnc2c1ncn2[C@H]1CC[C@@H](CO)O1. The summed E-state index contributed by atoms with van der Waals surface area (Å²) in [5.74, 6) is 0.831. The van der Waals surface area contributed by atoms with Gasteiger partial charge in [0.25, 0.3) is 0 Å². The van der Waals surface area contributed by atoms with Crippen molar-refractivity contribution >= 4 is 39.9 Å². The van der Waals surface area contributed by atoms with Crippen LogP contribution in [0.1, 0.15) is 19.1 Å². The van der Waals surface area contributed by atoms with Crippen LogP contribution in [-0.2, 0) is 4.74 Å². The highest BCUT2D eigenvalue weighted by atomic mass is 16.5. The van der Waals surface area contributed by atoms with Gasteiger partial charge in [-0.15, -0.1) is 0 Å². The normalized spacial score (nSPS) is 19.0. The Morgan fingerprint density at radius 2 is 1.96 bits per heavy atom. The Labute approximate surface area is 158 Å². The third-order valence-corrected chi connectivity index (χ3v) is 4.32. The third-order valence-electron chi connectivity index (χ3n) is 4.32. The van der Waals surface area contributed by atoms with Crippen LogP contribution in [0.15, 0.2) is 19.0 Å². The van der Waals surface area contributed by atoms with Crippen LogP contribution < -0.4 is 17.2 Å². The molecule has 1 aliphatic heterocycles. The number of anilines is 3. The molecule has 1 aliphatic rings. The molecule has 146 valence electrons.